The zero-order valence-electron chi connectivity index (χ0n) is 12.3. The molecule has 0 aromatic heterocycles. The van der Waals surface area contributed by atoms with Gasteiger partial charge in [0.05, 0.1) is 0 Å². The Hall–Kier alpha value is -1.24. The normalized spacial score (nSPS) is 22.6. The van der Waals surface area contributed by atoms with Crippen molar-refractivity contribution in [2.45, 2.75) is 51.4 Å². The van der Waals surface area contributed by atoms with E-state index in [0.717, 1.165) is 5.92 Å². The Morgan fingerprint density at radius 1 is 1.16 bits per heavy atom. The van der Waals surface area contributed by atoms with Gasteiger partial charge in [0.1, 0.15) is 0 Å². The zero-order chi connectivity index (χ0) is 13.5. The van der Waals surface area contributed by atoms with Crippen LogP contribution in [0.15, 0.2) is 36.5 Å². The van der Waals surface area contributed by atoms with Crippen LogP contribution >= 0.6 is 0 Å². The quantitative estimate of drug-likeness (QED) is 0.728. The molecule has 0 N–H and O–H groups in total. The van der Waals surface area contributed by atoms with Crippen LogP contribution in [0.3, 0.4) is 0 Å². The molecule has 0 radical (unpaired) electrons. The molecule has 1 aromatic rings. The maximum absolute atomic E-state index is 4.39. The molecule has 0 spiro atoms. The largest absolute Gasteiger partial charge is 0.344 e. The van der Waals surface area contributed by atoms with Crippen molar-refractivity contribution in [3.8, 4) is 0 Å². The van der Waals surface area contributed by atoms with Gasteiger partial charge >= 0.3 is 0 Å². The lowest BCUT2D eigenvalue weighted by atomic mass is 9.84. The Balaban J connectivity index is 1.87. The number of nitrogens with zero attached hydrogens (tertiary/aromatic N) is 1. The first-order valence-electron chi connectivity index (χ1n) is 7.67. The minimum absolute atomic E-state index is 0.0886. The van der Waals surface area contributed by atoms with Crippen LogP contribution < -0.4 is 4.90 Å². The number of para-hydroxylation sites is 1. The predicted octanol–water partition coefficient (Wildman–Crippen LogP) is 4.88. The topological polar surface area (TPSA) is 3.24 Å². The third kappa shape index (κ3) is 2.09. The lowest BCUT2D eigenvalue weighted by Gasteiger charge is -2.31. The fourth-order valence-electron chi connectivity index (χ4n) is 3.71. The summed E-state index contributed by atoms with van der Waals surface area (Å²) in [5, 5.41) is 0. The molecule has 0 atom stereocenters. The number of hydrogen-bond donors (Lipinski definition) is 0. The van der Waals surface area contributed by atoms with Crippen molar-refractivity contribution < 1.29 is 0 Å². The molecule has 1 heteroatoms. The Bertz CT molecular complexity index is 480. The van der Waals surface area contributed by atoms with Crippen molar-refractivity contribution in [3.05, 3.63) is 42.1 Å². The molecule has 1 saturated carbocycles. The lowest BCUT2D eigenvalue weighted by molar-refractivity contribution is 0.361. The summed E-state index contributed by atoms with van der Waals surface area (Å²) in [5.41, 5.74) is 4.20. The summed E-state index contributed by atoms with van der Waals surface area (Å²) >= 11 is 0. The van der Waals surface area contributed by atoms with Gasteiger partial charge in [-0.3, -0.25) is 0 Å². The van der Waals surface area contributed by atoms with Gasteiger partial charge in [0, 0.05) is 23.3 Å². The van der Waals surface area contributed by atoms with Gasteiger partial charge in [0.15, 0.2) is 0 Å². The highest BCUT2D eigenvalue weighted by Crippen LogP contribution is 2.47. The number of fused-ring (bicyclic) bond motifs is 1. The van der Waals surface area contributed by atoms with E-state index in [2.05, 4.69) is 49.6 Å². The van der Waals surface area contributed by atoms with E-state index < -0.39 is 0 Å². The van der Waals surface area contributed by atoms with E-state index in [-0.39, 0.29) is 5.41 Å². The monoisotopic (exact) mass is 255 g/mol. The van der Waals surface area contributed by atoms with Gasteiger partial charge in [-0.25, -0.2) is 0 Å². The van der Waals surface area contributed by atoms with Crippen LogP contribution in [0.2, 0.25) is 0 Å². The molecular weight excluding hydrogens is 230 g/mol. The standard InChI is InChI=1S/C18H25N/c1-14-18(2,3)16-11-7-8-12-17(16)19(14)13-15-9-5-4-6-10-15/h7-8,11-12,15H,1,4-6,9-10,13H2,2-3H3. The highest BCUT2D eigenvalue weighted by Gasteiger charge is 2.39. The van der Waals surface area contributed by atoms with Crippen molar-refractivity contribution in [3.63, 3.8) is 0 Å². The van der Waals surface area contributed by atoms with Gasteiger partial charge in [0.25, 0.3) is 0 Å². The molecule has 3 rings (SSSR count). The minimum Gasteiger partial charge on any atom is -0.344 e. The molecule has 102 valence electrons. The van der Waals surface area contributed by atoms with Gasteiger partial charge < -0.3 is 4.90 Å². The third-order valence-electron chi connectivity index (χ3n) is 5.08. The highest BCUT2D eigenvalue weighted by molar-refractivity contribution is 5.69. The summed E-state index contributed by atoms with van der Waals surface area (Å²) in [6.07, 6.45) is 7.05. The van der Waals surface area contributed by atoms with E-state index >= 15 is 0 Å². The smallest absolute Gasteiger partial charge is 0.0450 e. The molecule has 0 unspecified atom stereocenters. The van der Waals surface area contributed by atoms with E-state index in [4.69, 9.17) is 0 Å². The second kappa shape index (κ2) is 4.70. The van der Waals surface area contributed by atoms with E-state index in [9.17, 15) is 0 Å². The van der Waals surface area contributed by atoms with Gasteiger partial charge in [-0.1, -0.05) is 57.9 Å². The van der Waals surface area contributed by atoms with Gasteiger partial charge in [-0.2, -0.15) is 0 Å². The number of anilines is 1. The summed E-state index contributed by atoms with van der Waals surface area (Å²) in [4.78, 5) is 2.49. The van der Waals surface area contributed by atoms with Crippen molar-refractivity contribution in [2.24, 2.45) is 5.92 Å². The summed E-state index contributed by atoms with van der Waals surface area (Å²) in [5.74, 6) is 0.854. The first-order valence-corrected chi connectivity index (χ1v) is 7.67. The van der Waals surface area contributed by atoms with Gasteiger partial charge in [0.2, 0.25) is 0 Å². The van der Waals surface area contributed by atoms with E-state index in [1.165, 1.54) is 55.6 Å². The van der Waals surface area contributed by atoms with Crippen LogP contribution in [0.5, 0.6) is 0 Å². The van der Waals surface area contributed by atoms with Crippen molar-refractivity contribution in [1.29, 1.82) is 0 Å². The fraction of sp³-hybridized carbons (Fsp3) is 0.556. The van der Waals surface area contributed by atoms with Crippen molar-refractivity contribution in [1.82, 2.24) is 0 Å². The summed E-state index contributed by atoms with van der Waals surface area (Å²) < 4.78 is 0. The Morgan fingerprint density at radius 2 is 1.84 bits per heavy atom. The Morgan fingerprint density at radius 3 is 2.58 bits per heavy atom. The summed E-state index contributed by atoms with van der Waals surface area (Å²) in [6, 6.07) is 8.83. The molecule has 0 saturated heterocycles. The molecule has 1 heterocycles. The third-order valence-corrected chi connectivity index (χ3v) is 5.08. The average Bonchev–Trinajstić information content (AvgIpc) is 2.62. The van der Waals surface area contributed by atoms with Crippen molar-refractivity contribution >= 4 is 5.69 Å². The number of allylic oxidation sites excluding steroid dienone is 1. The first kappa shape index (κ1) is 12.8. The highest BCUT2D eigenvalue weighted by atomic mass is 15.2. The van der Waals surface area contributed by atoms with E-state index in [1.807, 2.05) is 0 Å². The van der Waals surface area contributed by atoms with Crippen LogP contribution in [0.1, 0.15) is 51.5 Å². The predicted molar refractivity (Wildman–Crippen MR) is 82.5 cm³/mol. The molecule has 1 aliphatic heterocycles. The molecule has 1 aromatic carbocycles. The SMILES string of the molecule is C=C1N(CC2CCCCC2)c2ccccc2C1(C)C. The zero-order valence-corrected chi connectivity index (χ0v) is 12.3. The maximum atomic E-state index is 4.39. The molecule has 1 aliphatic carbocycles. The van der Waals surface area contributed by atoms with Crippen LogP contribution in [0.4, 0.5) is 5.69 Å². The van der Waals surface area contributed by atoms with Crippen LogP contribution in [0.25, 0.3) is 0 Å². The molecule has 0 bridgehead atoms. The molecule has 0 amide bonds. The van der Waals surface area contributed by atoms with Crippen LogP contribution in [-0.4, -0.2) is 6.54 Å². The molecule has 1 fully saturated rings. The lowest BCUT2D eigenvalue weighted by Crippen LogP contribution is -2.30. The van der Waals surface area contributed by atoms with Crippen molar-refractivity contribution in [2.75, 3.05) is 11.4 Å². The molecule has 1 nitrogen and oxygen atoms in total. The molecule has 19 heavy (non-hydrogen) atoms. The molecule has 2 aliphatic rings. The average molecular weight is 255 g/mol. The van der Waals surface area contributed by atoms with Crippen LogP contribution in [0, 0.1) is 5.92 Å². The summed E-state index contributed by atoms with van der Waals surface area (Å²) in [7, 11) is 0. The van der Waals surface area contributed by atoms with E-state index in [0.29, 0.717) is 0 Å². The minimum atomic E-state index is 0.0886. The Kier molecular flexibility index (Phi) is 3.16. The second-order valence-electron chi connectivity index (χ2n) is 6.70. The van der Waals surface area contributed by atoms with Gasteiger partial charge in [-0.05, 0) is 30.4 Å². The summed E-state index contributed by atoms with van der Waals surface area (Å²) in [6.45, 7) is 10.2. The number of rotatable bonds is 2. The van der Waals surface area contributed by atoms with E-state index in [1.54, 1.807) is 0 Å². The maximum Gasteiger partial charge on any atom is 0.0450 e. The van der Waals surface area contributed by atoms with Crippen LogP contribution in [-0.2, 0) is 5.41 Å². The number of benzene rings is 1. The second-order valence-corrected chi connectivity index (χ2v) is 6.70. The van der Waals surface area contributed by atoms with Gasteiger partial charge in [-0.15, -0.1) is 0 Å². The Labute approximate surface area is 117 Å². The first-order chi connectivity index (χ1) is 9.10. The molecular formula is C18H25N. The fourth-order valence-corrected chi connectivity index (χ4v) is 3.71. The number of hydrogen-bond acceptors (Lipinski definition) is 1.